The molecule has 2 amide bonds. The first-order valence-electron chi connectivity index (χ1n) is 9.81. The Hall–Kier alpha value is -2.40. The second-order valence-electron chi connectivity index (χ2n) is 7.56. The Bertz CT molecular complexity index is 837. The normalized spacial score (nSPS) is 21.4. The van der Waals surface area contributed by atoms with Crippen molar-refractivity contribution >= 4 is 22.6 Å². The third kappa shape index (κ3) is 3.69. The molecule has 142 valence electrons. The van der Waals surface area contributed by atoms with Gasteiger partial charge in [-0.1, -0.05) is 36.4 Å². The maximum Gasteiger partial charge on any atom is 0.254 e. The second-order valence-corrected chi connectivity index (χ2v) is 7.56. The molecule has 0 spiro atoms. The minimum Gasteiger partial charge on any atom is -0.375 e. The van der Waals surface area contributed by atoms with E-state index in [0.29, 0.717) is 32.8 Å². The van der Waals surface area contributed by atoms with Gasteiger partial charge in [-0.15, -0.1) is 0 Å². The Balaban J connectivity index is 1.41. The van der Waals surface area contributed by atoms with E-state index in [9.17, 15) is 9.59 Å². The number of benzene rings is 2. The lowest BCUT2D eigenvalue weighted by Gasteiger charge is -2.37. The molecule has 0 radical (unpaired) electrons. The largest absolute Gasteiger partial charge is 0.375 e. The summed E-state index contributed by atoms with van der Waals surface area (Å²) in [6.45, 7) is 5.25. The predicted octanol–water partition coefficient (Wildman–Crippen LogP) is 2.94. The highest BCUT2D eigenvalue weighted by molar-refractivity contribution is 6.07. The van der Waals surface area contributed by atoms with E-state index >= 15 is 0 Å². The van der Waals surface area contributed by atoms with Gasteiger partial charge >= 0.3 is 0 Å². The monoisotopic (exact) mass is 366 g/mol. The van der Waals surface area contributed by atoms with Crippen LogP contribution >= 0.6 is 0 Å². The second kappa shape index (κ2) is 7.69. The molecule has 4 rings (SSSR count). The Labute approximate surface area is 159 Å². The Morgan fingerprint density at radius 3 is 2.48 bits per heavy atom. The quantitative estimate of drug-likeness (QED) is 0.821. The number of likely N-dealkylation sites (tertiary alicyclic amines) is 1. The predicted molar refractivity (Wildman–Crippen MR) is 105 cm³/mol. The number of nitrogens with zero attached hydrogens (tertiary/aromatic N) is 2. The van der Waals surface area contributed by atoms with Gasteiger partial charge in [-0.05, 0) is 36.6 Å². The van der Waals surface area contributed by atoms with Gasteiger partial charge in [0.05, 0.1) is 12.7 Å². The molecule has 2 aliphatic heterocycles. The molecule has 2 fully saturated rings. The van der Waals surface area contributed by atoms with Crippen LogP contribution in [0.2, 0.25) is 0 Å². The van der Waals surface area contributed by atoms with Crippen LogP contribution in [0.5, 0.6) is 0 Å². The van der Waals surface area contributed by atoms with Crippen molar-refractivity contribution in [1.82, 2.24) is 9.80 Å². The van der Waals surface area contributed by atoms with Crippen molar-refractivity contribution in [3.63, 3.8) is 0 Å². The number of fused-ring (bicyclic) bond motifs is 1. The Kier molecular flexibility index (Phi) is 5.12. The van der Waals surface area contributed by atoms with Crippen LogP contribution in [-0.2, 0) is 9.53 Å². The summed E-state index contributed by atoms with van der Waals surface area (Å²) in [4.78, 5) is 29.7. The lowest BCUT2D eigenvalue weighted by atomic mass is 9.94. The highest BCUT2D eigenvalue weighted by Gasteiger charge is 2.32. The van der Waals surface area contributed by atoms with E-state index in [0.717, 1.165) is 29.2 Å². The summed E-state index contributed by atoms with van der Waals surface area (Å²) < 4.78 is 5.53. The van der Waals surface area contributed by atoms with E-state index in [1.54, 1.807) is 0 Å². The van der Waals surface area contributed by atoms with Gasteiger partial charge in [0, 0.05) is 37.7 Å². The first kappa shape index (κ1) is 18.0. The molecule has 2 aromatic carbocycles. The van der Waals surface area contributed by atoms with Crippen LogP contribution in [-0.4, -0.2) is 60.5 Å². The number of amides is 2. The van der Waals surface area contributed by atoms with Crippen LogP contribution in [0.4, 0.5) is 0 Å². The Morgan fingerprint density at radius 1 is 0.963 bits per heavy atom. The van der Waals surface area contributed by atoms with Gasteiger partial charge < -0.3 is 14.5 Å². The first-order valence-corrected chi connectivity index (χ1v) is 9.81. The molecular formula is C22H26N2O3. The topological polar surface area (TPSA) is 49.9 Å². The molecule has 2 aromatic rings. The summed E-state index contributed by atoms with van der Waals surface area (Å²) in [5, 5.41) is 2.07. The van der Waals surface area contributed by atoms with Crippen molar-refractivity contribution in [2.75, 3.05) is 32.8 Å². The molecule has 1 atom stereocenters. The lowest BCUT2D eigenvalue weighted by molar-refractivity contribution is -0.143. The molecule has 27 heavy (non-hydrogen) atoms. The van der Waals surface area contributed by atoms with Crippen LogP contribution in [0.3, 0.4) is 0 Å². The lowest BCUT2D eigenvalue weighted by Crippen LogP contribution is -2.49. The maximum atomic E-state index is 13.0. The molecule has 0 saturated carbocycles. The maximum absolute atomic E-state index is 13.0. The number of morpholine rings is 1. The summed E-state index contributed by atoms with van der Waals surface area (Å²) >= 11 is 0. The third-order valence-electron chi connectivity index (χ3n) is 5.70. The van der Waals surface area contributed by atoms with Gasteiger partial charge in [0.2, 0.25) is 5.91 Å². The SMILES string of the molecule is C[C@H]1CN(C(=O)C2CCN(C(=O)c3cccc4ccccc34)CC2)CCO1. The average molecular weight is 366 g/mol. The molecule has 2 saturated heterocycles. The van der Waals surface area contributed by atoms with Crippen LogP contribution in [0.25, 0.3) is 10.8 Å². The molecule has 0 bridgehead atoms. The molecule has 0 unspecified atom stereocenters. The van der Waals surface area contributed by atoms with Crippen molar-refractivity contribution < 1.29 is 14.3 Å². The standard InChI is InChI=1S/C22H26N2O3/c1-16-15-24(13-14-27-16)21(25)18-9-11-23(12-10-18)22(26)20-8-4-6-17-5-2-3-7-19(17)20/h2-8,16,18H,9-15H2,1H3/t16-/m0/s1. The fourth-order valence-electron chi connectivity index (χ4n) is 4.19. The number of rotatable bonds is 2. The molecule has 5 nitrogen and oxygen atoms in total. The van der Waals surface area contributed by atoms with Gasteiger partial charge in [-0.2, -0.15) is 0 Å². The first-order chi connectivity index (χ1) is 13.1. The third-order valence-corrected chi connectivity index (χ3v) is 5.70. The summed E-state index contributed by atoms with van der Waals surface area (Å²) in [7, 11) is 0. The number of ether oxygens (including phenoxy) is 1. The minimum atomic E-state index is 0.0202. The summed E-state index contributed by atoms with van der Waals surface area (Å²) in [6, 6.07) is 13.8. The molecule has 2 heterocycles. The van der Waals surface area contributed by atoms with Crippen molar-refractivity contribution in [3.05, 3.63) is 48.0 Å². The zero-order chi connectivity index (χ0) is 18.8. The van der Waals surface area contributed by atoms with Crippen molar-refractivity contribution in [2.24, 2.45) is 5.92 Å². The highest BCUT2D eigenvalue weighted by atomic mass is 16.5. The molecule has 0 aliphatic carbocycles. The van der Waals surface area contributed by atoms with E-state index in [1.165, 1.54) is 0 Å². The van der Waals surface area contributed by atoms with Gasteiger partial charge in [0.25, 0.3) is 5.91 Å². The number of hydrogen-bond donors (Lipinski definition) is 0. The highest BCUT2D eigenvalue weighted by Crippen LogP contribution is 2.25. The van der Waals surface area contributed by atoms with E-state index < -0.39 is 0 Å². The van der Waals surface area contributed by atoms with Crippen LogP contribution in [0.15, 0.2) is 42.5 Å². The van der Waals surface area contributed by atoms with Crippen molar-refractivity contribution in [1.29, 1.82) is 0 Å². The van der Waals surface area contributed by atoms with Gasteiger partial charge in [0.15, 0.2) is 0 Å². The Morgan fingerprint density at radius 2 is 1.70 bits per heavy atom. The van der Waals surface area contributed by atoms with Crippen LogP contribution in [0.1, 0.15) is 30.1 Å². The van der Waals surface area contributed by atoms with Gasteiger partial charge in [0.1, 0.15) is 0 Å². The molecule has 2 aliphatic rings. The van der Waals surface area contributed by atoms with Crippen LogP contribution in [0, 0.1) is 5.92 Å². The molecule has 0 aromatic heterocycles. The zero-order valence-corrected chi connectivity index (χ0v) is 15.8. The number of hydrogen-bond acceptors (Lipinski definition) is 3. The average Bonchev–Trinajstić information content (AvgIpc) is 2.72. The van der Waals surface area contributed by atoms with E-state index in [1.807, 2.05) is 59.2 Å². The zero-order valence-electron chi connectivity index (χ0n) is 15.8. The van der Waals surface area contributed by atoms with E-state index in [2.05, 4.69) is 0 Å². The van der Waals surface area contributed by atoms with Gasteiger partial charge in [-0.3, -0.25) is 9.59 Å². The molecular weight excluding hydrogens is 340 g/mol. The number of piperidine rings is 1. The number of carbonyl (C=O) groups excluding carboxylic acids is 2. The van der Waals surface area contributed by atoms with E-state index in [-0.39, 0.29) is 23.8 Å². The minimum absolute atomic E-state index is 0.0202. The van der Waals surface area contributed by atoms with E-state index in [4.69, 9.17) is 4.74 Å². The fourth-order valence-corrected chi connectivity index (χ4v) is 4.19. The fraction of sp³-hybridized carbons (Fsp3) is 0.455. The number of carbonyl (C=O) groups is 2. The smallest absolute Gasteiger partial charge is 0.254 e. The van der Waals surface area contributed by atoms with Crippen LogP contribution < -0.4 is 0 Å². The summed E-state index contributed by atoms with van der Waals surface area (Å²) in [5.74, 6) is 0.312. The summed E-state index contributed by atoms with van der Waals surface area (Å²) in [6.07, 6.45) is 1.58. The molecule has 0 N–H and O–H groups in total. The van der Waals surface area contributed by atoms with Crippen molar-refractivity contribution in [3.8, 4) is 0 Å². The molecule has 5 heteroatoms. The summed E-state index contributed by atoms with van der Waals surface area (Å²) in [5.41, 5.74) is 0.750. The van der Waals surface area contributed by atoms with Crippen molar-refractivity contribution in [2.45, 2.75) is 25.9 Å². The van der Waals surface area contributed by atoms with Gasteiger partial charge in [-0.25, -0.2) is 0 Å².